The van der Waals surface area contributed by atoms with E-state index in [0.29, 0.717) is 19.5 Å². The maximum atomic E-state index is 12.2. The van der Waals surface area contributed by atoms with E-state index >= 15 is 0 Å². The summed E-state index contributed by atoms with van der Waals surface area (Å²) in [6.45, 7) is 3.72. The first-order valence-corrected chi connectivity index (χ1v) is 11.2. The molecule has 1 saturated heterocycles. The standard InChI is InChI=1S/C21H25N3O3S/c1-16-11-12-23(13-14-28(16,25)26)15-21-22-19-5-3-4-6-20(19)24(21)17-7-9-18(27-2)10-8-17/h3-10,16H,11-15H2,1-2H3. The van der Waals surface area contributed by atoms with Gasteiger partial charge in [-0.15, -0.1) is 0 Å². The van der Waals surface area contributed by atoms with Gasteiger partial charge in [0.15, 0.2) is 9.84 Å². The van der Waals surface area contributed by atoms with Crippen LogP contribution in [-0.2, 0) is 16.4 Å². The highest BCUT2D eigenvalue weighted by molar-refractivity contribution is 7.92. The summed E-state index contributed by atoms with van der Waals surface area (Å²) in [5, 5.41) is -0.280. The molecule has 1 atom stereocenters. The van der Waals surface area contributed by atoms with Crippen molar-refractivity contribution in [1.29, 1.82) is 0 Å². The zero-order valence-electron chi connectivity index (χ0n) is 16.2. The summed E-state index contributed by atoms with van der Waals surface area (Å²) in [7, 11) is -1.35. The summed E-state index contributed by atoms with van der Waals surface area (Å²) < 4.78 is 31.9. The van der Waals surface area contributed by atoms with Gasteiger partial charge in [0.1, 0.15) is 11.6 Å². The Bertz CT molecular complexity index is 1070. The van der Waals surface area contributed by atoms with E-state index in [-0.39, 0.29) is 11.0 Å². The molecule has 7 heteroatoms. The lowest BCUT2D eigenvalue weighted by molar-refractivity contribution is 0.275. The molecule has 0 saturated carbocycles. The minimum absolute atomic E-state index is 0.205. The summed E-state index contributed by atoms with van der Waals surface area (Å²) in [6, 6.07) is 16.0. The second-order valence-corrected chi connectivity index (χ2v) is 9.83. The van der Waals surface area contributed by atoms with Crippen LogP contribution in [0, 0.1) is 0 Å². The first-order valence-electron chi connectivity index (χ1n) is 9.52. The second-order valence-electron chi connectivity index (χ2n) is 7.29. The van der Waals surface area contributed by atoms with Crippen LogP contribution in [-0.4, -0.2) is 54.1 Å². The van der Waals surface area contributed by atoms with Crippen molar-refractivity contribution in [2.24, 2.45) is 0 Å². The molecule has 1 unspecified atom stereocenters. The molecule has 1 aromatic heterocycles. The number of hydrogen-bond acceptors (Lipinski definition) is 5. The number of hydrogen-bond donors (Lipinski definition) is 0. The lowest BCUT2D eigenvalue weighted by Crippen LogP contribution is -2.28. The molecule has 0 aliphatic carbocycles. The minimum atomic E-state index is -3.00. The molecule has 1 aliphatic heterocycles. The van der Waals surface area contributed by atoms with Crippen molar-refractivity contribution >= 4 is 20.9 Å². The van der Waals surface area contributed by atoms with Crippen LogP contribution in [0.15, 0.2) is 48.5 Å². The van der Waals surface area contributed by atoms with E-state index in [9.17, 15) is 8.42 Å². The molecule has 0 bridgehead atoms. The normalized spacial score (nSPS) is 20.1. The summed E-state index contributed by atoms with van der Waals surface area (Å²) in [4.78, 5) is 7.05. The van der Waals surface area contributed by atoms with E-state index in [1.54, 1.807) is 7.11 Å². The van der Waals surface area contributed by atoms with Gasteiger partial charge in [-0.2, -0.15) is 0 Å². The van der Waals surface area contributed by atoms with Crippen molar-refractivity contribution in [3.05, 3.63) is 54.4 Å². The number of ether oxygens (including phenoxy) is 1. The number of aromatic nitrogens is 2. The van der Waals surface area contributed by atoms with Gasteiger partial charge in [0.25, 0.3) is 0 Å². The Kier molecular flexibility index (Phi) is 5.12. The Labute approximate surface area is 165 Å². The lowest BCUT2D eigenvalue weighted by Gasteiger charge is -2.20. The molecule has 0 radical (unpaired) electrons. The van der Waals surface area contributed by atoms with Gasteiger partial charge in [0.2, 0.25) is 0 Å². The number of methoxy groups -OCH3 is 1. The number of rotatable bonds is 4. The highest BCUT2D eigenvalue weighted by atomic mass is 32.2. The molecule has 148 valence electrons. The average molecular weight is 400 g/mol. The van der Waals surface area contributed by atoms with E-state index in [1.165, 1.54) is 0 Å². The molecular weight excluding hydrogens is 374 g/mol. The molecule has 28 heavy (non-hydrogen) atoms. The van der Waals surface area contributed by atoms with Crippen molar-refractivity contribution in [1.82, 2.24) is 14.5 Å². The molecule has 2 aromatic carbocycles. The highest BCUT2D eigenvalue weighted by Gasteiger charge is 2.27. The summed E-state index contributed by atoms with van der Waals surface area (Å²) in [5.41, 5.74) is 2.99. The predicted molar refractivity (Wildman–Crippen MR) is 111 cm³/mol. The largest absolute Gasteiger partial charge is 0.497 e. The number of sulfone groups is 1. The van der Waals surface area contributed by atoms with Crippen molar-refractivity contribution in [3.63, 3.8) is 0 Å². The molecule has 1 aliphatic rings. The van der Waals surface area contributed by atoms with Crippen molar-refractivity contribution in [2.75, 3.05) is 26.0 Å². The highest BCUT2D eigenvalue weighted by Crippen LogP contribution is 2.25. The van der Waals surface area contributed by atoms with Gasteiger partial charge in [-0.3, -0.25) is 9.47 Å². The molecule has 3 aromatic rings. The van der Waals surface area contributed by atoms with Crippen LogP contribution >= 0.6 is 0 Å². The minimum Gasteiger partial charge on any atom is -0.497 e. The SMILES string of the molecule is COc1ccc(-n2c(CN3CCC(C)S(=O)(=O)CC3)nc3ccccc32)cc1. The van der Waals surface area contributed by atoms with Crippen LogP contribution in [0.4, 0.5) is 0 Å². The van der Waals surface area contributed by atoms with Crippen molar-refractivity contribution in [3.8, 4) is 11.4 Å². The van der Waals surface area contributed by atoms with Crippen molar-refractivity contribution < 1.29 is 13.2 Å². The van der Waals surface area contributed by atoms with Crippen LogP contribution in [0.3, 0.4) is 0 Å². The Morgan fingerprint density at radius 1 is 1.11 bits per heavy atom. The van der Waals surface area contributed by atoms with Crippen LogP contribution in [0.2, 0.25) is 0 Å². The van der Waals surface area contributed by atoms with Crippen LogP contribution in [0.5, 0.6) is 5.75 Å². The number of para-hydroxylation sites is 2. The molecule has 0 spiro atoms. The smallest absolute Gasteiger partial charge is 0.154 e. The van der Waals surface area contributed by atoms with Crippen LogP contribution < -0.4 is 4.74 Å². The van der Waals surface area contributed by atoms with Crippen LogP contribution in [0.1, 0.15) is 19.2 Å². The maximum Gasteiger partial charge on any atom is 0.154 e. The Balaban J connectivity index is 1.70. The molecule has 1 fully saturated rings. The van der Waals surface area contributed by atoms with Crippen molar-refractivity contribution in [2.45, 2.75) is 25.1 Å². The van der Waals surface area contributed by atoms with E-state index in [0.717, 1.165) is 34.8 Å². The first-order chi connectivity index (χ1) is 13.5. The van der Waals surface area contributed by atoms with E-state index in [1.807, 2.05) is 49.4 Å². The van der Waals surface area contributed by atoms with E-state index < -0.39 is 9.84 Å². The average Bonchev–Trinajstić information content (AvgIpc) is 3.01. The number of fused-ring (bicyclic) bond motifs is 1. The topological polar surface area (TPSA) is 64.4 Å². The van der Waals surface area contributed by atoms with E-state index in [4.69, 9.17) is 9.72 Å². The fourth-order valence-corrected chi connectivity index (χ4v) is 5.05. The quantitative estimate of drug-likeness (QED) is 0.675. The molecule has 0 N–H and O–H groups in total. The third kappa shape index (κ3) is 3.64. The fraction of sp³-hybridized carbons (Fsp3) is 0.381. The zero-order chi connectivity index (χ0) is 19.7. The first kappa shape index (κ1) is 19.0. The summed E-state index contributed by atoms with van der Waals surface area (Å²) in [5.74, 6) is 1.93. The Morgan fingerprint density at radius 3 is 2.61 bits per heavy atom. The maximum absolute atomic E-state index is 12.2. The third-order valence-electron chi connectivity index (χ3n) is 5.48. The Morgan fingerprint density at radius 2 is 1.86 bits per heavy atom. The summed E-state index contributed by atoms with van der Waals surface area (Å²) in [6.07, 6.45) is 0.658. The van der Waals surface area contributed by atoms with Crippen LogP contribution in [0.25, 0.3) is 16.7 Å². The fourth-order valence-electron chi connectivity index (χ4n) is 3.67. The second kappa shape index (κ2) is 7.56. The number of imidazole rings is 1. The van der Waals surface area contributed by atoms with E-state index in [2.05, 4.69) is 15.5 Å². The van der Waals surface area contributed by atoms with Gasteiger partial charge >= 0.3 is 0 Å². The molecule has 6 nitrogen and oxygen atoms in total. The number of benzene rings is 2. The Hall–Kier alpha value is -2.38. The van der Waals surface area contributed by atoms with Gasteiger partial charge in [0.05, 0.1) is 35.7 Å². The third-order valence-corrected chi connectivity index (χ3v) is 7.70. The van der Waals surface area contributed by atoms with Gasteiger partial charge in [-0.05, 0) is 56.3 Å². The number of nitrogens with zero attached hydrogens (tertiary/aromatic N) is 3. The molecule has 4 rings (SSSR count). The lowest BCUT2D eigenvalue weighted by atomic mass is 10.2. The summed E-state index contributed by atoms with van der Waals surface area (Å²) >= 11 is 0. The molecule has 2 heterocycles. The molecular formula is C21H25N3O3S. The van der Waals surface area contributed by atoms with Gasteiger partial charge < -0.3 is 4.74 Å². The van der Waals surface area contributed by atoms with Gasteiger partial charge in [-0.25, -0.2) is 13.4 Å². The predicted octanol–water partition coefficient (Wildman–Crippen LogP) is 3.04. The van der Waals surface area contributed by atoms with Gasteiger partial charge in [-0.1, -0.05) is 12.1 Å². The van der Waals surface area contributed by atoms with Gasteiger partial charge in [0, 0.05) is 12.2 Å². The molecule has 0 amide bonds. The monoisotopic (exact) mass is 399 g/mol. The zero-order valence-corrected chi connectivity index (χ0v) is 17.0.